The summed E-state index contributed by atoms with van der Waals surface area (Å²) < 4.78 is 41.9. The molecule has 0 aliphatic rings. The smallest absolute Gasteiger partial charge is 0.346 e. The van der Waals surface area contributed by atoms with Crippen LogP contribution in [0.1, 0.15) is 47.1 Å². The topological polar surface area (TPSA) is 28.7 Å². The van der Waals surface area contributed by atoms with Crippen LogP contribution in [0.15, 0.2) is 18.5 Å². The Morgan fingerprint density at radius 2 is 1.52 bits per heavy atom. The molecule has 0 unspecified atom stereocenters. The van der Waals surface area contributed by atoms with Crippen LogP contribution in [-0.4, -0.2) is 18.0 Å². The van der Waals surface area contributed by atoms with Gasteiger partial charge < -0.3 is 4.98 Å². The van der Waals surface area contributed by atoms with Gasteiger partial charge >= 0.3 is 6.18 Å². The first-order chi connectivity index (χ1) is 10.5. The van der Waals surface area contributed by atoms with Gasteiger partial charge in [-0.25, -0.2) is 4.98 Å². The third kappa shape index (κ3) is 2.71. The first-order valence-corrected chi connectivity index (χ1v) is 10.3. The highest BCUT2D eigenvalue weighted by Crippen LogP contribution is 2.44. The minimum Gasteiger partial charge on any atom is -0.346 e. The van der Waals surface area contributed by atoms with Crippen LogP contribution in [0.4, 0.5) is 13.2 Å². The van der Waals surface area contributed by atoms with Crippen LogP contribution in [0, 0.1) is 0 Å². The van der Waals surface area contributed by atoms with Gasteiger partial charge in [-0.3, -0.25) is 0 Å². The third-order valence-corrected chi connectivity index (χ3v) is 12.2. The van der Waals surface area contributed by atoms with Gasteiger partial charge in [-0.1, -0.05) is 41.5 Å². The summed E-state index contributed by atoms with van der Waals surface area (Å²) in [4.78, 5) is 7.11. The molecular weight excluding hydrogens is 317 g/mol. The fourth-order valence-corrected chi connectivity index (χ4v) is 11.4. The summed E-state index contributed by atoms with van der Waals surface area (Å²) in [6.07, 6.45) is -1.36. The van der Waals surface area contributed by atoms with Gasteiger partial charge in [0.25, 0.3) is 0 Å². The maximum atomic E-state index is 14.0. The average molecular weight is 342 g/mol. The predicted molar refractivity (Wildman–Crippen MR) is 91.8 cm³/mol. The lowest BCUT2D eigenvalue weighted by Crippen LogP contribution is -2.57. The van der Waals surface area contributed by atoms with Crippen molar-refractivity contribution in [2.75, 3.05) is 0 Å². The molecule has 0 amide bonds. The number of pyridine rings is 1. The number of rotatable bonds is 4. The van der Waals surface area contributed by atoms with Gasteiger partial charge in [0.2, 0.25) is 0 Å². The zero-order valence-corrected chi connectivity index (χ0v) is 15.5. The van der Waals surface area contributed by atoms with Gasteiger partial charge in [-0.15, -0.1) is 0 Å². The second kappa shape index (κ2) is 5.96. The molecule has 0 fully saturated rings. The second-order valence-corrected chi connectivity index (χ2v) is 13.1. The Morgan fingerprint density at radius 3 is 1.96 bits per heavy atom. The van der Waals surface area contributed by atoms with E-state index in [2.05, 4.69) is 51.5 Å². The minimum atomic E-state index is -4.38. The van der Waals surface area contributed by atoms with Gasteiger partial charge in [-0.05, 0) is 27.9 Å². The number of nitrogens with one attached hydrogen (secondary N) is 1. The molecule has 2 aromatic heterocycles. The molecule has 0 bridgehead atoms. The van der Waals surface area contributed by atoms with Crippen molar-refractivity contribution in [1.82, 2.24) is 9.97 Å². The Kier molecular flexibility index (Phi) is 4.68. The van der Waals surface area contributed by atoms with Crippen molar-refractivity contribution in [3.05, 3.63) is 24.0 Å². The largest absolute Gasteiger partial charge is 0.417 e. The van der Waals surface area contributed by atoms with Crippen molar-refractivity contribution in [1.29, 1.82) is 0 Å². The van der Waals surface area contributed by atoms with Gasteiger partial charge in [0, 0.05) is 17.8 Å². The number of nitrogens with zero attached hydrogens (tertiary/aromatic N) is 1. The molecule has 23 heavy (non-hydrogen) atoms. The molecule has 1 N–H and O–H groups in total. The highest BCUT2D eigenvalue weighted by molar-refractivity contribution is 6.95. The average Bonchev–Trinajstić information content (AvgIpc) is 2.83. The fourth-order valence-electron chi connectivity index (χ4n) is 4.57. The maximum Gasteiger partial charge on any atom is 0.417 e. The molecule has 0 aliphatic carbocycles. The summed E-state index contributed by atoms with van der Waals surface area (Å²) in [5, 5.41) is 0.644. The standard InChI is InChI=1S/C17H25F3N2Si/c1-10(2)23(11(3)4,12(5)6)14-9-22-16-13(7-8-21-16)15(14)17(18,19)20/h7-12H,1-6H3,(H,21,22). The van der Waals surface area contributed by atoms with E-state index in [1.807, 2.05) is 0 Å². The number of H-pyrrole nitrogens is 1. The molecule has 0 saturated heterocycles. The van der Waals surface area contributed by atoms with Gasteiger partial charge in [0.05, 0.1) is 13.6 Å². The van der Waals surface area contributed by atoms with E-state index < -0.39 is 19.8 Å². The summed E-state index contributed by atoms with van der Waals surface area (Å²) in [5.41, 5.74) is 0.414. The van der Waals surface area contributed by atoms with Crippen LogP contribution < -0.4 is 5.19 Å². The molecule has 0 aliphatic heterocycles. The molecule has 0 atom stereocenters. The van der Waals surface area contributed by atoms with Crippen molar-refractivity contribution in [3.8, 4) is 0 Å². The Hall–Kier alpha value is -1.30. The molecule has 2 heterocycles. The number of hydrogen-bond donors (Lipinski definition) is 1. The van der Waals surface area contributed by atoms with E-state index in [-0.39, 0.29) is 22.0 Å². The van der Waals surface area contributed by atoms with Crippen LogP contribution in [0.5, 0.6) is 0 Å². The van der Waals surface area contributed by atoms with E-state index in [0.717, 1.165) is 0 Å². The van der Waals surface area contributed by atoms with E-state index in [9.17, 15) is 13.2 Å². The first kappa shape index (κ1) is 18.0. The Labute approximate surface area is 136 Å². The molecule has 2 aromatic rings. The van der Waals surface area contributed by atoms with Crippen LogP contribution in [-0.2, 0) is 6.18 Å². The number of aromatic amines is 1. The van der Waals surface area contributed by atoms with Crippen molar-refractivity contribution >= 4 is 24.3 Å². The molecule has 6 heteroatoms. The van der Waals surface area contributed by atoms with Crippen LogP contribution in [0.3, 0.4) is 0 Å². The molecule has 2 rings (SSSR count). The zero-order chi connectivity index (χ0) is 17.6. The highest BCUT2D eigenvalue weighted by atomic mass is 28.3. The summed E-state index contributed by atoms with van der Waals surface area (Å²) in [6, 6.07) is 1.49. The van der Waals surface area contributed by atoms with Crippen molar-refractivity contribution in [2.45, 2.75) is 64.3 Å². The molecule has 0 aromatic carbocycles. The normalized spacial score (nSPS) is 13.7. The molecule has 0 saturated carbocycles. The fraction of sp³-hybridized carbons (Fsp3) is 0.588. The minimum absolute atomic E-state index is 0.189. The Bertz CT molecular complexity index is 665. The maximum absolute atomic E-state index is 14.0. The Morgan fingerprint density at radius 1 is 1.00 bits per heavy atom. The van der Waals surface area contributed by atoms with Crippen molar-refractivity contribution < 1.29 is 13.2 Å². The Balaban J connectivity index is 2.94. The van der Waals surface area contributed by atoms with E-state index in [1.165, 1.54) is 18.5 Å². The monoisotopic (exact) mass is 342 g/mol. The van der Waals surface area contributed by atoms with E-state index in [1.54, 1.807) is 0 Å². The molecule has 0 spiro atoms. The summed E-state index contributed by atoms with van der Waals surface area (Å²) in [7, 11) is -2.45. The number of fused-ring (bicyclic) bond motifs is 1. The van der Waals surface area contributed by atoms with Crippen LogP contribution in [0.25, 0.3) is 11.0 Å². The van der Waals surface area contributed by atoms with Crippen molar-refractivity contribution in [3.63, 3.8) is 0 Å². The SMILES string of the molecule is CC(C)[Si](c1cnc2[nH]ccc2c1C(F)(F)F)(C(C)C)C(C)C. The zero-order valence-electron chi connectivity index (χ0n) is 14.5. The summed E-state index contributed by atoms with van der Waals surface area (Å²) in [6.45, 7) is 12.4. The van der Waals surface area contributed by atoms with Gasteiger partial charge in [-0.2, -0.15) is 13.2 Å². The number of alkyl halides is 3. The number of aromatic nitrogens is 2. The van der Waals surface area contributed by atoms with Crippen LogP contribution in [0.2, 0.25) is 16.6 Å². The lowest BCUT2D eigenvalue weighted by Gasteiger charge is -2.44. The second-order valence-electron chi connectivity index (χ2n) is 7.18. The van der Waals surface area contributed by atoms with Gasteiger partial charge in [0.15, 0.2) is 0 Å². The van der Waals surface area contributed by atoms with Gasteiger partial charge in [0.1, 0.15) is 5.65 Å². The highest BCUT2D eigenvalue weighted by Gasteiger charge is 2.50. The van der Waals surface area contributed by atoms with Crippen molar-refractivity contribution in [2.24, 2.45) is 0 Å². The quantitative estimate of drug-likeness (QED) is 0.734. The van der Waals surface area contributed by atoms with Crippen LogP contribution >= 0.6 is 0 Å². The molecular formula is C17H25F3N2Si. The predicted octanol–water partition coefficient (Wildman–Crippen LogP) is 5.47. The van der Waals surface area contributed by atoms with E-state index >= 15 is 0 Å². The lowest BCUT2D eigenvalue weighted by molar-refractivity contribution is -0.135. The van der Waals surface area contributed by atoms with E-state index in [4.69, 9.17) is 0 Å². The third-order valence-electron chi connectivity index (χ3n) is 5.20. The lowest BCUT2D eigenvalue weighted by atomic mass is 10.2. The summed E-state index contributed by atoms with van der Waals surface area (Å²) in [5.74, 6) is 0. The summed E-state index contributed by atoms with van der Waals surface area (Å²) >= 11 is 0. The molecule has 2 nitrogen and oxygen atoms in total. The first-order valence-electron chi connectivity index (χ1n) is 8.08. The number of halogens is 3. The molecule has 128 valence electrons. The van der Waals surface area contributed by atoms with E-state index in [0.29, 0.717) is 10.8 Å². The molecule has 0 radical (unpaired) electrons. The number of hydrogen-bond acceptors (Lipinski definition) is 1.